The zero-order valence-corrected chi connectivity index (χ0v) is 21.8. The van der Waals surface area contributed by atoms with Crippen molar-refractivity contribution >= 4 is 12.0 Å². The van der Waals surface area contributed by atoms with E-state index >= 15 is 0 Å². The number of esters is 1. The summed E-state index contributed by atoms with van der Waals surface area (Å²) in [6.45, 7) is -1.21. The van der Waals surface area contributed by atoms with Gasteiger partial charge in [-0.05, 0) is 23.8 Å². The third kappa shape index (κ3) is 7.31. The van der Waals surface area contributed by atoms with Crippen LogP contribution in [0.5, 0.6) is 11.5 Å². The lowest BCUT2D eigenvalue weighted by Gasteiger charge is -2.42. The van der Waals surface area contributed by atoms with E-state index in [1.54, 1.807) is 0 Å². The number of benzene rings is 1. The number of phenols is 1. The summed E-state index contributed by atoms with van der Waals surface area (Å²) >= 11 is 0. The van der Waals surface area contributed by atoms with Gasteiger partial charge in [-0.3, -0.25) is 0 Å². The molecule has 230 valence electrons. The van der Waals surface area contributed by atoms with Gasteiger partial charge in [0.05, 0.1) is 20.3 Å². The van der Waals surface area contributed by atoms with Crippen molar-refractivity contribution in [2.75, 3.05) is 26.9 Å². The number of rotatable bonds is 9. The van der Waals surface area contributed by atoms with Gasteiger partial charge in [0.15, 0.2) is 30.4 Å². The lowest BCUT2D eigenvalue weighted by atomic mass is 10.0. The molecule has 3 heterocycles. The molecule has 1 aromatic carbocycles. The molecule has 0 radical (unpaired) electrons. The molecular weight excluding hydrogens is 556 g/mol. The van der Waals surface area contributed by atoms with Crippen molar-refractivity contribution in [1.82, 2.24) is 0 Å². The van der Waals surface area contributed by atoms with Crippen LogP contribution in [0.4, 0.5) is 0 Å². The number of aromatic hydroxyl groups is 1. The van der Waals surface area contributed by atoms with Gasteiger partial charge in [0.25, 0.3) is 0 Å². The molecule has 3 aliphatic rings. The average Bonchev–Trinajstić information content (AvgIpc) is 3.22. The quantitative estimate of drug-likeness (QED) is 0.102. The number of carbonyl (C=O) groups is 1. The topological polar surface area (TPSA) is 244 Å². The highest BCUT2D eigenvalue weighted by molar-refractivity contribution is 5.87. The predicted octanol–water partition coefficient (Wildman–Crippen LogP) is -3.68. The Morgan fingerprint density at radius 3 is 2.41 bits per heavy atom. The van der Waals surface area contributed by atoms with Crippen molar-refractivity contribution in [2.24, 2.45) is 0 Å². The Hall–Kier alpha value is -2.45. The lowest BCUT2D eigenvalue weighted by Crippen LogP contribution is -2.60. The molecule has 0 spiro atoms. The number of hydrogen-bond donors (Lipinski definition) is 8. The first kappa shape index (κ1) is 31.5. The second-order valence-electron chi connectivity index (χ2n) is 9.66. The first-order valence-electron chi connectivity index (χ1n) is 12.7. The highest BCUT2D eigenvalue weighted by Gasteiger charge is 2.50. The third-order valence-corrected chi connectivity index (χ3v) is 6.80. The molecule has 1 unspecified atom stereocenters. The monoisotopic (exact) mass is 590 g/mol. The maximum absolute atomic E-state index is 12.2. The Labute approximate surface area is 233 Å². The highest BCUT2D eigenvalue weighted by Crippen LogP contribution is 2.30. The molecule has 0 aromatic heterocycles. The van der Waals surface area contributed by atoms with E-state index in [9.17, 15) is 45.6 Å². The summed E-state index contributed by atoms with van der Waals surface area (Å²) in [6.07, 6.45) is -15.6. The average molecular weight is 591 g/mol. The van der Waals surface area contributed by atoms with Crippen molar-refractivity contribution in [3.63, 3.8) is 0 Å². The van der Waals surface area contributed by atoms with Gasteiger partial charge in [-0.1, -0.05) is 6.07 Å². The van der Waals surface area contributed by atoms with Crippen LogP contribution in [0, 0.1) is 0 Å². The van der Waals surface area contributed by atoms with Gasteiger partial charge in [-0.15, -0.1) is 0 Å². The fourth-order valence-corrected chi connectivity index (χ4v) is 4.43. The van der Waals surface area contributed by atoms with Gasteiger partial charge in [0.1, 0.15) is 61.5 Å². The SMILES string of the molecule is COc1cc(/C=C/C(=O)OC[C@@H]2O[C@@H](O[C@@H]3[C@@H](O)[C@@H](O[C@@H]4COC(O)[C@H](O)[C@H]4O)OC[C@H]3O)[C@H](O)[C@H]2O)ccc1O. The van der Waals surface area contributed by atoms with E-state index in [0.29, 0.717) is 5.56 Å². The molecule has 4 rings (SSSR count). The van der Waals surface area contributed by atoms with E-state index < -0.39 is 93.0 Å². The molecule has 16 nitrogen and oxygen atoms in total. The second-order valence-corrected chi connectivity index (χ2v) is 9.66. The van der Waals surface area contributed by atoms with Crippen molar-refractivity contribution in [1.29, 1.82) is 0 Å². The van der Waals surface area contributed by atoms with Crippen LogP contribution >= 0.6 is 0 Å². The Morgan fingerprint density at radius 1 is 0.927 bits per heavy atom. The van der Waals surface area contributed by atoms with Crippen molar-refractivity contribution in [2.45, 2.75) is 73.8 Å². The number of ether oxygens (including phenoxy) is 7. The summed E-state index contributed by atoms with van der Waals surface area (Å²) in [4.78, 5) is 12.2. The van der Waals surface area contributed by atoms with E-state index in [1.165, 1.54) is 31.4 Å². The molecule has 12 atom stereocenters. The second kappa shape index (κ2) is 13.7. The molecule has 3 saturated heterocycles. The molecule has 3 fully saturated rings. The summed E-state index contributed by atoms with van der Waals surface area (Å²) in [5, 5.41) is 80.9. The standard InChI is InChI=1S/C25H34O16/c1-35-13-6-10(2-4-11(13)26)3-5-16(28)36-8-14-18(30)20(32)25(40-14)41-22-12(27)7-38-24(21(22)33)39-15-9-37-23(34)19(31)17(15)29/h2-6,12,14-15,17-27,29-34H,7-9H2,1H3/b5-3+/t12-,14+,15-,17+,18+,19-,20-,21-,22+,23?,24-,25+/m1/s1. The fourth-order valence-electron chi connectivity index (χ4n) is 4.43. The minimum atomic E-state index is -1.69. The van der Waals surface area contributed by atoms with Crippen LogP contribution in [0.1, 0.15) is 5.56 Å². The van der Waals surface area contributed by atoms with Gasteiger partial charge in [-0.25, -0.2) is 4.79 Å². The number of aliphatic hydroxyl groups excluding tert-OH is 7. The first-order chi connectivity index (χ1) is 19.5. The van der Waals surface area contributed by atoms with Gasteiger partial charge < -0.3 is 74.0 Å². The Bertz CT molecular complexity index is 1050. The lowest BCUT2D eigenvalue weighted by molar-refractivity contribution is -0.338. The number of methoxy groups -OCH3 is 1. The molecule has 3 aliphatic heterocycles. The van der Waals surface area contributed by atoms with E-state index in [0.717, 1.165) is 6.08 Å². The molecule has 0 amide bonds. The Balaban J connectivity index is 1.30. The molecule has 8 N–H and O–H groups in total. The summed E-state index contributed by atoms with van der Waals surface area (Å²) in [5.41, 5.74) is 0.535. The Kier molecular flexibility index (Phi) is 10.5. The van der Waals surface area contributed by atoms with Crippen LogP contribution in [-0.2, 0) is 33.2 Å². The summed E-state index contributed by atoms with van der Waals surface area (Å²) in [5.74, 6) is -0.662. The minimum absolute atomic E-state index is 0.0723. The van der Waals surface area contributed by atoms with E-state index in [1.807, 2.05) is 0 Å². The largest absolute Gasteiger partial charge is 0.504 e. The van der Waals surface area contributed by atoms with Crippen LogP contribution < -0.4 is 4.74 Å². The molecule has 0 saturated carbocycles. The van der Waals surface area contributed by atoms with Crippen LogP contribution in [0.3, 0.4) is 0 Å². The molecule has 0 bridgehead atoms. The maximum atomic E-state index is 12.2. The van der Waals surface area contributed by atoms with Crippen LogP contribution in [0.25, 0.3) is 6.08 Å². The molecule has 1 aromatic rings. The van der Waals surface area contributed by atoms with Gasteiger partial charge in [0, 0.05) is 6.08 Å². The number of phenolic OH excluding ortho intramolecular Hbond substituents is 1. The smallest absolute Gasteiger partial charge is 0.330 e. The normalized spacial score (nSPS) is 39.6. The van der Waals surface area contributed by atoms with Crippen LogP contribution in [0.2, 0.25) is 0 Å². The summed E-state index contributed by atoms with van der Waals surface area (Å²) < 4.78 is 36.8. The van der Waals surface area contributed by atoms with E-state index in [4.69, 9.17) is 33.2 Å². The minimum Gasteiger partial charge on any atom is -0.504 e. The van der Waals surface area contributed by atoms with E-state index in [2.05, 4.69) is 0 Å². The highest BCUT2D eigenvalue weighted by atomic mass is 16.7. The molecular formula is C25H34O16. The first-order valence-corrected chi connectivity index (χ1v) is 12.7. The Morgan fingerprint density at radius 2 is 1.68 bits per heavy atom. The van der Waals surface area contributed by atoms with E-state index in [-0.39, 0.29) is 18.1 Å². The van der Waals surface area contributed by atoms with Crippen molar-refractivity contribution in [3.05, 3.63) is 29.8 Å². The molecule has 41 heavy (non-hydrogen) atoms. The number of hydrogen-bond acceptors (Lipinski definition) is 16. The maximum Gasteiger partial charge on any atom is 0.330 e. The van der Waals surface area contributed by atoms with Crippen molar-refractivity contribution in [3.8, 4) is 11.5 Å². The van der Waals surface area contributed by atoms with Crippen molar-refractivity contribution < 1.29 is 78.8 Å². The zero-order valence-electron chi connectivity index (χ0n) is 21.8. The predicted molar refractivity (Wildman–Crippen MR) is 131 cm³/mol. The van der Waals surface area contributed by atoms with Crippen LogP contribution in [-0.4, -0.2) is 148 Å². The molecule has 16 heteroatoms. The summed E-state index contributed by atoms with van der Waals surface area (Å²) in [7, 11) is 1.38. The number of carbonyl (C=O) groups excluding carboxylic acids is 1. The fraction of sp³-hybridized carbons (Fsp3) is 0.640. The summed E-state index contributed by atoms with van der Waals surface area (Å²) in [6, 6.07) is 4.42. The molecule has 0 aliphatic carbocycles. The van der Waals surface area contributed by atoms with Gasteiger partial charge in [-0.2, -0.15) is 0 Å². The number of aliphatic hydroxyl groups is 7. The third-order valence-electron chi connectivity index (χ3n) is 6.80. The van der Waals surface area contributed by atoms with Gasteiger partial charge >= 0.3 is 5.97 Å². The zero-order chi connectivity index (χ0) is 29.8. The van der Waals surface area contributed by atoms with Crippen LogP contribution in [0.15, 0.2) is 24.3 Å². The van der Waals surface area contributed by atoms with Gasteiger partial charge in [0.2, 0.25) is 0 Å².